The molecule has 1 rings (SSSR count). The van der Waals surface area contributed by atoms with Crippen LogP contribution in [-0.4, -0.2) is 25.9 Å². The van der Waals surface area contributed by atoms with Gasteiger partial charge in [-0.1, -0.05) is 0 Å². The minimum atomic E-state index is -0.621. The molecule has 0 aliphatic heterocycles. The van der Waals surface area contributed by atoms with Crippen molar-refractivity contribution in [3.8, 4) is 6.07 Å². The Morgan fingerprint density at radius 3 is 3.17 bits per heavy atom. The second-order valence-electron chi connectivity index (χ2n) is 1.91. The lowest BCUT2D eigenvalue weighted by Gasteiger charge is -1.95. The molecule has 0 atom stereocenters. The van der Waals surface area contributed by atoms with Crippen LogP contribution in [0.2, 0.25) is 0 Å². The maximum absolute atomic E-state index is 10.5. The van der Waals surface area contributed by atoms with Crippen LogP contribution in [0.4, 0.5) is 0 Å². The highest BCUT2D eigenvalue weighted by molar-refractivity contribution is 5.74. The third kappa shape index (κ3) is 1.77. The zero-order valence-corrected chi connectivity index (χ0v) is 5.93. The number of carbonyl (C=O) groups is 1. The van der Waals surface area contributed by atoms with Crippen molar-refractivity contribution < 1.29 is 10.0 Å². The van der Waals surface area contributed by atoms with Crippen LogP contribution in [0.25, 0.3) is 0 Å². The fraction of sp³-hybridized carbons (Fsp3) is 0.200. The quantitative estimate of drug-likeness (QED) is 0.419. The molecule has 1 aromatic heterocycles. The van der Waals surface area contributed by atoms with Gasteiger partial charge in [0, 0.05) is 0 Å². The van der Waals surface area contributed by atoms with E-state index in [1.807, 2.05) is 0 Å². The largest absolute Gasteiger partial charge is 0.289 e. The minimum Gasteiger partial charge on any atom is -0.289 e. The van der Waals surface area contributed by atoms with Crippen LogP contribution in [0.3, 0.4) is 0 Å². The number of carbonyl (C=O) groups excluding carboxylic acids is 1. The van der Waals surface area contributed by atoms with Gasteiger partial charge in [-0.15, -0.1) is 5.10 Å². The summed E-state index contributed by atoms with van der Waals surface area (Å²) in [4.78, 5) is 14.1. The standard InChI is InChI=1S/C5H5N5O2/c6-1-4-7-3-10(8-4)2-5(11)9-12/h3,12H,2H2,(H,9,11). The third-order valence-electron chi connectivity index (χ3n) is 1.07. The second kappa shape index (κ2) is 3.45. The molecule has 0 aliphatic rings. The molecule has 0 saturated heterocycles. The molecule has 62 valence electrons. The molecule has 0 unspecified atom stereocenters. The lowest BCUT2D eigenvalue weighted by molar-refractivity contribution is -0.130. The molecular formula is C5H5N5O2. The molecule has 0 fully saturated rings. The van der Waals surface area contributed by atoms with E-state index in [1.54, 1.807) is 6.07 Å². The van der Waals surface area contributed by atoms with Crippen LogP contribution in [0.1, 0.15) is 5.82 Å². The summed E-state index contributed by atoms with van der Waals surface area (Å²) in [5.41, 5.74) is 1.43. The number of aromatic nitrogens is 3. The van der Waals surface area contributed by atoms with Gasteiger partial charge in [0.1, 0.15) is 18.9 Å². The van der Waals surface area contributed by atoms with E-state index >= 15 is 0 Å². The Bertz CT molecular complexity index is 325. The maximum atomic E-state index is 10.5. The van der Waals surface area contributed by atoms with Crippen LogP contribution >= 0.6 is 0 Å². The number of amides is 1. The molecule has 1 aromatic rings. The number of hydroxylamine groups is 1. The van der Waals surface area contributed by atoms with Crippen LogP contribution in [-0.2, 0) is 11.3 Å². The first-order valence-electron chi connectivity index (χ1n) is 2.98. The highest BCUT2D eigenvalue weighted by Crippen LogP contribution is 1.86. The second-order valence-corrected chi connectivity index (χ2v) is 1.91. The average Bonchev–Trinajstić information content (AvgIpc) is 2.52. The zero-order chi connectivity index (χ0) is 8.97. The monoisotopic (exact) mass is 167 g/mol. The van der Waals surface area contributed by atoms with Gasteiger partial charge in [-0.2, -0.15) is 5.26 Å². The third-order valence-corrected chi connectivity index (χ3v) is 1.07. The Labute approximate surface area is 67.2 Å². The van der Waals surface area contributed by atoms with Crippen LogP contribution in [0.5, 0.6) is 0 Å². The highest BCUT2D eigenvalue weighted by atomic mass is 16.5. The summed E-state index contributed by atoms with van der Waals surface area (Å²) in [5.74, 6) is -0.634. The van der Waals surface area contributed by atoms with Crippen molar-refractivity contribution in [2.75, 3.05) is 0 Å². The number of nitrogens with zero attached hydrogens (tertiary/aromatic N) is 4. The fourth-order valence-corrected chi connectivity index (χ4v) is 0.605. The van der Waals surface area contributed by atoms with Gasteiger partial charge in [-0.25, -0.2) is 15.1 Å². The zero-order valence-electron chi connectivity index (χ0n) is 5.93. The number of hydrogen-bond acceptors (Lipinski definition) is 5. The van der Waals surface area contributed by atoms with E-state index in [-0.39, 0.29) is 12.4 Å². The number of nitriles is 1. The van der Waals surface area contributed by atoms with Crippen LogP contribution in [0, 0.1) is 11.3 Å². The van der Waals surface area contributed by atoms with E-state index in [4.69, 9.17) is 10.5 Å². The van der Waals surface area contributed by atoms with E-state index in [0.29, 0.717) is 0 Å². The van der Waals surface area contributed by atoms with Crippen molar-refractivity contribution in [1.29, 1.82) is 5.26 Å². The molecule has 0 radical (unpaired) electrons. The van der Waals surface area contributed by atoms with Crippen molar-refractivity contribution in [2.24, 2.45) is 0 Å². The number of hydrogen-bond donors (Lipinski definition) is 2. The SMILES string of the molecule is N#Cc1ncn(CC(=O)NO)n1. The smallest absolute Gasteiger partial charge is 0.265 e. The van der Waals surface area contributed by atoms with Crippen molar-refractivity contribution in [1.82, 2.24) is 20.2 Å². The van der Waals surface area contributed by atoms with Crippen LogP contribution < -0.4 is 5.48 Å². The summed E-state index contributed by atoms with van der Waals surface area (Å²) >= 11 is 0. The average molecular weight is 167 g/mol. The fourth-order valence-electron chi connectivity index (χ4n) is 0.605. The van der Waals surface area contributed by atoms with E-state index in [9.17, 15) is 4.79 Å². The molecule has 1 heterocycles. The molecular weight excluding hydrogens is 162 g/mol. The van der Waals surface area contributed by atoms with Gasteiger partial charge in [0.15, 0.2) is 0 Å². The van der Waals surface area contributed by atoms with Gasteiger partial charge in [0.25, 0.3) is 11.7 Å². The van der Waals surface area contributed by atoms with E-state index in [1.165, 1.54) is 11.8 Å². The van der Waals surface area contributed by atoms with Crippen molar-refractivity contribution in [2.45, 2.75) is 6.54 Å². The summed E-state index contributed by atoms with van der Waals surface area (Å²) in [5, 5.41) is 20.0. The maximum Gasteiger partial charge on any atom is 0.265 e. The van der Waals surface area contributed by atoms with Gasteiger partial charge in [0.05, 0.1) is 0 Å². The first kappa shape index (κ1) is 8.16. The van der Waals surface area contributed by atoms with Gasteiger partial charge >= 0.3 is 0 Å². The van der Waals surface area contributed by atoms with Gasteiger partial charge in [0.2, 0.25) is 0 Å². The van der Waals surface area contributed by atoms with Crippen LogP contribution in [0.15, 0.2) is 6.33 Å². The lowest BCUT2D eigenvalue weighted by Crippen LogP contribution is -2.24. The Hall–Kier alpha value is -1.94. The van der Waals surface area contributed by atoms with Crippen molar-refractivity contribution >= 4 is 5.91 Å². The molecule has 1 amide bonds. The molecule has 0 aliphatic carbocycles. The van der Waals surface area contributed by atoms with E-state index in [0.717, 1.165) is 4.68 Å². The summed E-state index contributed by atoms with van der Waals surface area (Å²) < 4.78 is 1.14. The Morgan fingerprint density at radius 1 is 1.92 bits per heavy atom. The first-order valence-corrected chi connectivity index (χ1v) is 2.98. The molecule has 2 N–H and O–H groups in total. The molecule has 0 saturated carbocycles. The Balaban J connectivity index is 2.65. The molecule has 0 bridgehead atoms. The molecule has 12 heavy (non-hydrogen) atoms. The topological polar surface area (TPSA) is 104 Å². The molecule has 0 spiro atoms. The van der Waals surface area contributed by atoms with Gasteiger partial charge in [-0.05, 0) is 0 Å². The molecule has 0 aromatic carbocycles. The summed E-state index contributed by atoms with van der Waals surface area (Å²) in [7, 11) is 0. The van der Waals surface area contributed by atoms with Crippen molar-refractivity contribution in [3.63, 3.8) is 0 Å². The highest BCUT2D eigenvalue weighted by Gasteiger charge is 2.03. The van der Waals surface area contributed by atoms with E-state index < -0.39 is 5.91 Å². The van der Waals surface area contributed by atoms with Gasteiger partial charge in [-0.3, -0.25) is 10.0 Å². The molecule has 7 heteroatoms. The number of rotatable bonds is 2. The predicted octanol–water partition coefficient (Wildman–Crippen LogP) is -1.34. The normalized spacial score (nSPS) is 9.00. The minimum absolute atomic E-state index is 0.0132. The Morgan fingerprint density at radius 2 is 2.67 bits per heavy atom. The predicted molar refractivity (Wildman–Crippen MR) is 34.7 cm³/mol. The summed E-state index contributed by atoms with van der Waals surface area (Å²) in [6, 6.07) is 1.70. The van der Waals surface area contributed by atoms with Gasteiger partial charge < -0.3 is 0 Å². The van der Waals surface area contributed by atoms with E-state index in [2.05, 4.69) is 10.1 Å². The summed E-state index contributed by atoms with van der Waals surface area (Å²) in [6.45, 7) is -0.162. The van der Waals surface area contributed by atoms with Crippen molar-refractivity contribution in [3.05, 3.63) is 12.2 Å². The Kier molecular flexibility index (Phi) is 2.35. The first-order chi connectivity index (χ1) is 5.76. The summed E-state index contributed by atoms with van der Waals surface area (Å²) in [6.07, 6.45) is 1.23. The molecule has 7 nitrogen and oxygen atoms in total. The lowest BCUT2D eigenvalue weighted by atomic mass is 10.6. The number of nitrogens with one attached hydrogen (secondary N) is 1.